The SMILES string of the molecule is O=C(NCc1ccccn1)c1ccc(Cn2cccn2)o1. The predicted molar refractivity (Wildman–Crippen MR) is 75.4 cm³/mol. The van der Waals surface area contributed by atoms with Gasteiger partial charge in [-0.15, -0.1) is 0 Å². The molecular weight excluding hydrogens is 268 g/mol. The lowest BCUT2D eigenvalue weighted by molar-refractivity contribution is 0.0920. The van der Waals surface area contributed by atoms with Gasteiger partial charge in [0.1, 0.15) is 5.76 Å². The number of amides is 1. The summed E-state index contributed by atoms with van der Waals surface area (Å²) in [6.45, 7) is 0.870. The summed E-state index contributed by atoms with van der Waals surface area (Å²) in [4.78, 5) is 16.1. The molecule has 0 saturated carbocycles. The lowest BCUT2D eigenvalue weighted by atomic mass is 10.3. The van der Waals surface area contributed by atoms with Crippen LogP contribution < -0.4 is 5.32 Å². The summed E-state index contributed by atoms with van der Waals surface area (Å²) in [5.41, 5.74) is 0.800. The second-order valence-electron chi connectivity index (χ2n) is 4.47. The normalized spacial score (nSPS) is 10.5. The molecule has 0 aliphatic carbocycles. The zero-order valence-corrected chi connectivity index (χ0v) is 11.3. The van der Waals surface area contributed by atoms with Crippen molar-refractivity contribution < 1.29 is 9.21 Å². The molecule has 6 heteroatoms. The quantitative estimate of drug-likeness (QED) is 0.775. The second kappa shape index (κ2) is 6.04. The molecule has 1 amide bonds. The molecule has 0 aliphatic rings. The molecule has 3 aromatic heterocycles. The van der Waals surface area contributed by atoms with Gasteiger partial charge in [0.2, 0.25) is 0 Å². The first-order valence-corrected chi connectivity index (χ1v) is 6.55. The number of pyridine rings is 1. The van der Waals surface area contributed by atoms with Crippen LogP contribution in [0.15, 0.2) is 59.4 Å². The Bertz CT molecular complexity index is 704. The molecule has 0 saturated heterocycles. The molecular formula is C15H14N4O2. The first-order chi connectivity index (χ1) is 10.3. The molecule has 1 N–H and O–H groups in total. The fourth-order valence-electron chi connectivity index (χ4n) is 1.90. The summed E-state index contributed by atoms with van der Waals surface area (Å²) in [6.07, 6.45) is 5.23. The Hall–Kier alpha value is -2.89. The second-order valence-corrected chi connectivity index (χ2v) is 4.47. The van der Waals surface area contributed by atoms with E-state index in [1.807, 2.05) is 30.5 Å². The zero-order valence-electron chi connectivity index (χ0n) is 11.3. The van der Waals surface area contributed by atoms with Crippen LogP contribution in [0.4, 0.5) is 0 Å². The summed E-state index contributed by atoms with van der Waals surface area (Å²) in [6, 6.07) is 10.8. The van der Waals surface area contributed by atoms with Gasteiger partial charge in [0.25, 0.3) is 5.91 Å². The largest absolute Gasteiger partial charge is 0.454 e. The third kappa shape index (κ3) is 3.36. The van der Waals surface area contributed by atoms with E-state index < -0.39 is 0 Å². The summed E-state index contributed by atoms with van der Waals surface area (Å²) in [5.74, 6) is 0.710. The smallest absolute Gasteiger partial charge is 0.287 e. The Morgan fingerprint density at radius 3 is 2.90 bits per heavy atom. The molecule has 21 heavy (non-hydrogen) atoms. The molecule has 0 unspecified atom stereocenters. The lowest BCUT2D eigenvalue weighted by Crippen LogP contribution is -2.22. The maximum absolute atomic E-state index is 12.0. The third-order valence-electron chi connectivity index (χ3n) is 2.92. The van der Waals surface area contributed by atoms with E-state index >= 15 is 0 Å². The third-order valence-corrected chi connectivity index (χ3v) is 2.92. The van der Waals surface area contributed by atoms with Crippen molar-refractivity contribution in [2.45, 2.75) is 13.1 Å². The van der Waals surface area contributed by atoms with Crippen molar-refractivity contribution in [3.8, 4) is 0 Å². The number of carbonyl (C=O) groups is 1. The Labute approximate surface area is 121 Å². The van der Waals surface area contributed by atoms with Gasteiger partial charge in [-0.1, -0.05) is 6.07 Å². The minimum Gasteiger partial charge on any atom is -0.454 e. The number of rotatable bonds is 5. The highest BCUT2D eigenvalue weighted by atomic mass is 16.4. The van der Waals surface area contributed by atoms with Gasteiger partial charge < -0.3 is 9.73 Å². The number of hydrogen-bond acceptors (Lipinski definition) is 4. The van der Waals surface area contributed by atoms with Crippen molar-refractivity contribution in [1.29, 1.82) is 0 Å². The average Bonchev–Trinajstić information content (AvgIpc) is 3.18. The van der Waals surface area contributed by atoms with Crippen LogP contribution in [0.5, 0.6) is 0 Å². The Balaban J connectivity index is 1.59. The van der Waals surface area contributed by atoms with Crippen molar-refractivity contribution in [1.82, 2.24) is 20.1 Å². The molecule has 3 rings (SSSR count). The summed E-state index contributed by atoms with van der Waals surface area (Å²) in [5, 5.41) is 6.86. The van der Waals surface area contributed by atoms with Crippen molar-refractivity contribution in [2.75, 3.05) is 0 Å². The van der Waals surface area contributed by atoms with E-state index in [9.17, 15) is 4.79 Å². The van der Waals surface area contributed by atoms with E-state index in [0.717, 1.165) is 5.69 Å². The van der Waals surface area contributed by atoms with Crippen molar-refractivity contribution in [3.63, 3.8) is 0 Å². The van der Waals surface area contributed by atoms with Gasteiger partial charge in [0.15, 0.2) is 5.76 Å². The molecule has 0 bridgehead atoms. The minimum atomic E-state index is -0.257. The van der Waals surface area contributed by atoms with Crippen LogP contribution in [-0.4, -0.2) is 20.7 Å². The minimum absolute atomic E-state index is 0.257. The molecule has 6 nitrogen and oxygen atoms in total. The van der Waals surface area contributed by atoms with Gasteiger partial charge in [-0.25, -0.2) is 0 Å². The zero-order chi connectivity index (χ0) is 14.5. The molecule has 106 valence electrons. The van der Waals surface area contributed by atoms with Crippen molar-refractivity contribution in [3.05, 3.63) is 72.2 Å². The molecule has 0 fully saturated rings. The topological polar surface area (TPSA) is 73.0 Å². The number of aromatic nitrogens is 3. The summed E-state index contributed by atoms with van der Waals surface area (Å²) in [7, 11) is 0. The number of nitrogens with zero attached hydrogens (tertiary/aromatic N) is 3. The van der Waals surface area contributed by atoms with E-state index in [2.05, 4.69) is 15.4 Å². The van der Waals surface area contributed by atoms with Gasteiger partial charge >= 0.3 is 0 Å². The van der Waals surface area contributed by atoms with Gasteiger partial charge in [-0.3, -0.25) is 14.5 Å². The Morgan fingerprint density at radius 2 is 2.14 bits per heavy atom. The molecule has 0 aliphatic heterocycles. The maximum Gasteiger partial charge on any atom is 0.287 e. The molecule has 0 radical (unpaired) electrons. The first kappa shape index (κ1) is 13.1. The fourth-order valence-corrected chi connectivity index (χ4v) is 1.90. The monoisotopic (exact) mass is 282 g/mol. The molecule has 0 atom stereocenters. The number of nitrogens with one attached hydrogen (secondary N) is 1. The Kier molecular flexibility index (Phi) is 3.77. The van der Waals surface area contributed by atoms with Crippen LogP contribution in [-0.2, 0) is 13.1 Å². The summed E-state index contributed by atoms with van der Waals surface area (Å²) < 4.78 is 7.24. The highest BCUT2D eigenvalue weighted by Gasteiger charge is 2.11. The summed E-state index contributed by atoms with van der Waals surface area (Å²) >= 11 is 0. The van der Waals surface area contributed by atoms with Crippen LogP contribution in [0.2, 0.25) is 0 Å². The van der Waals surface area contributed by atoms with Gasteiger partial charge in [-0.05, 0) is 30.3 Å². The lowest BCUT2D eigenvalue weighted by Gasteiger charge is -2.02. The average molecular weight is 282 g/mol. The van der Waals surface area contributed by atoms with Crippen LogP contribution in [0.25, 0.3) is 0 Å². The highest BCUT2D eigenvalue weighted by Crippen LogP contribution is 2.09. The van der Waals surface area contributed by atoms with Crippen LogP contribution >= 0.6 is 0 Å². The fraction of sp³-hybridized carbons (Fsp3) is 0.133. The number of hydrogen-bond donors (Lipinski definition) is 1. The highest BCUT2D eigenvalue weighted by molar-refractivity contribution is 5.91. The van der Waals surface area contributed by atoms with Crippen LogP contribution in [0.1, 0.15) is 22.0 Å². The number of furan rings is 1. The number of carbonyl (C=O) groups excluding carboxylic acids is 1. The van der Waals surface area contributed by atoms with E-state index in [0.29, 0.717) is 18.8 Å². The standard InChI is InChI=1S/C15H14N4O2/c20-15(17-10-12-4-1-2-7-16-12)14-6-5-13(21-14)11-19-9-3-8-18-19/h1-9H,10-11H2,(H,17,20). The van der Waals surface area contributed by atoms with Gasteiger partial charge in [-0.2, -0.15) is 5.10 Å². The molecule has 0 aromatic carbocycles. The predicted octanol–water partition coefficient (Wildman–Crippen LogP) is 1.85. The first-order valence-electron chi connectivity index (χ1n) is 6.55. The van der Waals surface area contributed by atoms with Crippen LogP contribution in [0.3, 0.4) is 0 Å². The molecule has 3 aromatic rings. The maximum atomic E-state index is 12.0. The van der Waals surface area contributed by atoms with Crippen molar-refractivity contribution in [2.24, 2.45) is 0 Å². The van der Waals surface area contributed by atoms with Gasteiger partial charge in [0.05, 0.1) is 18.8 Å². The van der Waals surface area contributed by atoms with Crippen molar-refractivity contribution >= 4 is 5.91 Å². The van der Waals surface area contributed by atoms with E-state index in [4.69, 9.17) is 4.42 Å². The molecule has 3 heterocycles. The van der Waals surface area contributed by atoms with E-state index in [-0.39, 0.29) is 11.7 Å². The molecule has 0 spiro atoms. The van der Waals surface area contributed by atoms with Gasteiger partial charge in [0, 0.05) is 18.6 Å². The Morgan fingerprint density at radius 1 is 1.19 bits per heavy atom. The van der Waals surface area contributed by atoms with Crippen LogP contribution in [0, 0.1) is 0 Å². The van der Waals surface area contributed by atoms with E-state index in [1.54, 1.807) is 29.2 Å². The van der Waals surface area contributed by atoms with E-state index in [1.165, 1.54) is 0 Å².